The molecule has 0 bridgehead atoms. The van der Waals surface area contributed by atoms with E-state index < -0.39 is 5.25 Å². The molecule has 5 nitrogen and oxygen atoms in total. The molecule has 1 aliphatic heterocycles. The topological polar surface area (TPSA) is 61.8 Å². The number of hydrogen-bond acceptors (Lipinski definition) is 4. The van der Waals surface area contributed by atoms with E-state index >= 15 is 0 Å². The predicted molar refractivity (Wildman–Crippen MR) is 107 cm³/mol. The molecule has 1 atom stereocenters. The molecule has 1 N–H and O–H groups in total. The third-order valence-electron chi connectivity index (χ3n) is 3.93. The summed E-state index contributed by atoms with van der Waals surface area (Å²) >= 11 is 7.29. The number of para-hydroxylation sites is 1. The van der Waals surface area contributed by atoms with E-state index in [0.29, 0.717) is 28.1 Å². The van der Waals surface area contributed by atoms with Gasteiger partial charge in [0.2, 0.25) is 11.8 Å². The Morgan fingerprint density at radius 1 is 1.30 bits per heavy atom. The van der Waals surface area contributed by atoms with Gasteiger partial charge in [-0.15, -0.1) is 0 Å². The third-order valence-corrected chi connectivity index (χ3v) is 5.45. The summed E-state index contributed by atoms with van der Waals surface area (Å²) in [4.78, 5) is 31.1. The van der Waals surface area contributed by atoms with Gasteiger partial charge in [0.05, 0.1) is 16.4 Å². The number of anilines is 1. The zero-order valence-corrected chi connectivity index (χ0v) is 16.1. The van der Waals surface area contributed by atoms with Crippen LogP contribution < -0.4 is 5.32 Å². The van der Waals surface area contributed by atoms with Gasteiger partial charge in [-0.05, 0) is 43.3 Å². The molecule has 2 amide bonds. The molecule has 140 valence electrons. The van der Waals surface area contributed by atoms with Gasteiger partial charge in [0.25, 0.3) is 0 Å². The second-order valence-corrected chi connectivity index (χ2v) is 7.37. The molecule has 2 aromatic carbocycles. The monoisotopic (exact) mass is 405 g/mol. The maximum Gasteiger partial charge on any atom is 0.238 e. The van der Waals surface area contributed by atoms with Gasteiger partial charge in [0, 0.05) is 13.0 Å². The predicted octanol–water partition coefficient (Wildman–Crippen LogP) is 4.46. The minimum Gasteiger partial charge on any atom is -0.324 e. The van der Waals surface area contributed by atoms with Crippen LogP contribution in [0.5, 0.6) is 0 Å². The molecule has 1 heterocycles. The SMILES string of the molecule is CCN1C(=O)CC(C(=O)Nc2ccccc2Cl)SC1=Nc1ccc(F)cc1. The van der Waals surface area contributed by atoms with E-state index in [-0.39, 0.29) is 24.1 Å². The fraction of sp³-hybridized carbons (Fsp3) is 0.211. The molecular formula is C19H17ClFN3O2S. The van der Waals surface area contributed by atoms with Crippen LogP contribution in [-0.2, 0) is 9.59 Å². The van der Waals surface area contributed by atoms with Crippen LogP contribution in [0.2, 0.25) is 5.02 Å². The van der Waals surface area contributed by atoms with Crippen molar-refractivity contribution in [3.8, 4) is 0 Å². The zero-order chi connectivity index (χ0) is 19.4. The molecule has 0 saturated carbocycles. The molecule has 2 aromatic rings. The van der Waals surface area contributed by atoms with Crippen LogP contribution in [0.3, 0.4) is 0 Å². The fourth-order valence-corrected chi connectivity index (χ4v) is 3.90. The van der Waals surface area contributed by atoms with Gasteiger partial charge >= 0.3 is 0 Å². The number of nitrogens with one attached hydrogen (secondary N) is 1. The summed E-state index contributed by atoms with van der Waals surface area (Å²) in [5, 5.41) is 2.97. The highest BCUT2D eigenvalue weighted by Crippen LogP contribution is 2.30. The lowest BCUT2D eigenvalue weighted by atomic mass is 10.2. The van der Waals surface area contributed by atoms with Crippen LogP contribution in [-0.4, -0.2) is 33.7 Å². The van der Waals surface area contributed by atoms with Gasteiger partial charge in [-0.1, -0.05) is 35.5 Å². The number of nitrogens with zero attached hydrogens (tertiary/aromatic N) is 2. The number of hydrogen-bond donors (Lipinski definition) is 1. The van der Waals surface area contributed by atoms with Crippen molar-refractivity contribution >= 4 is 51.7 Å². The van der Waals surface area contributed by atoms with Crippen molar-refractivity contribution < 1.29 is 14.0 Å². The van der Waals surface area contributed by atoms with E-state index in [1.54, 1.807) is 24.3 Å². The second kappa shape index (κ2) is 8.54. The summed E-state index contributed by atoms with van der Waals surface area (Å²) < 4.78 is 13.1. The van der Waals surface area contributed by atoms with Crippen LogP contribution >= 0.6 is 23.4 Å². The highest BCUT2D eigenvalue weighted by molar-refractivity contribution is 8.15. The van der Waals surface area contributed by atoms with Crippen molar-refractivity contribution in [2.75, 3.05) is 11.9 Å². The third kappa shape index (κ3) is 4.67. The number of rotatable bonds is 4. The average molecular weight is 406 g/mol. The first-order valence-electron chi connectivity index (χ1n) is 8.34. The number of halogens is 2. The van der Waals surface area contributed by atoms with Gasteiger partial charge in [0.1, 0.15) is 11.1 Å². The summed E-state index contributed by atoms with van der Waals surface area (Å²) in [5.74, 6) is -0.865. The van der Waals surface area contributed by atoms with Crippen molar-refractivity contribution in [3.05, 3.63) is 59.4 Å². The largest absolute Gasteiger partial charge is 0.324 e. The summed E-state index contributed by atoms with van der Waals surface area (Å²) in [6, 6.07) is 12.5. The van der Waals surface area contributed by atoms with E-state index in [9.17, 15) is 14.0 Å². The number of amides is 2. The molecular weight excluding hydrogens is 389 g/mol. The highest BCUT2D eigenvalue weighted by atomic mass is 35.5. The minimum atomic E-state index is -0.629. The van der Waals surface area contributed by atoms with Gasteiger partial charge in [0.15, 0.2) is 5.17 Å². The van der Waals surface area contributed by atoms with Gasteiger partial charge in [-0.2, -0.15) is 0 Å². The number of carbonyl (C=O) groups excluding carboxylic acids is 2. The first-order valence-corrected chi connectivity index (χ1v) is 9.60. The highest BCUT2D eigenvalue weighted by Gasteiger charge is 2.35. The molecule has 1 aliphatic rings. The lowest BCUT2D eigenvalue weighted by Crippen LogP contribution is -2.45. The Hall–Kier alpha value is -2.38. The summed E-state index contributed by atoms with van der Waals surface area (Å²) in [7, 11) is 0. The standard InChI is InChI=1S/C19H17ClFN3O2S/c1-2-24-17(25)11-16(18(26)23-15-6-4-3-5-14(15)20)27-19(24)22-13-9-7-12(21)8-10-13/h3-10,16H,2,11H2,1H3,(H,23,26). The molecule has 27 heavy (non-hydrogen) atoms. The lowest BCUT2D eigenvalue weighted by Gasteiger charge is -2.31. The van der Waals surface area contributed by atoms with E-state index in [4.69, 9.17) is 11.6 Å². The summed E-state index contributed by atoms with van der Waals surface area (Å²) in [6.45, 7) is 2.27. The number of benzene rings is 2. The normalized spacial score (nSPS) is 18.6. The van der Waals surface area contributed by atoms with Crippen LogP contribution in [0.4, 0.5) is 15.8 Å². The smallest absolute Gasteiger partial charge is 0.238 e. The van der Waals surface area contributed by atoms with Gasteiger partial charge in [-0.3, -0.25) is 14.5 Å². The zero-order valence-electron chi connectivity index (χ0n) is 14.5. The van der Waals surface area contributed by atoms with Crippen LogP contribution in [0.15, 0.2) is 53.5 Å². The van der Waals surface area contributed by atoms with E-state index in [2.05, 4.69) is 10.3 Å². The molecule has 3 rings (SSSR count). The molecule has 0 radical (unpaired) electrons. The van der Waals surface area contributed by atoms with E-state index in [1.165, 1.54) is 40.9 Å². The Kier molecular flexibility index (Phi) is 6.13. The lowest BCUT2D eigenvalue weighted by molar-refractivity contribution is -0.129. The molecule has 1 saturated heterocycles. The Bertz CT molecular complexity index is 889. The maximum absolute atomic E-state index is 13.1. The van der Waals surface area contributed by atoms with Crippen molar-refractivity contribution in [2.45, 2.75) is 18.6 Å². The second-order valence-electron chi connectivity index (χ2n) is 5.79. The first kappa shape index (κ1) is 19.4. The Morgan fingerprint density at radius 3 is 2.67 bits per heavy atom. The van der Waals surface area contributed by atoms with Gasteiger partial charge < -0.3 is 5.32 Å². The fourth-order valence-electron chi connectivity index (χ4n) is 2.55. The number of amidine groups is 1. The molecule has 1 unspecified atom stereocenters. The number of aliphatic imine (C=N–C) groups is 1. The van der Waals surface area contributed by atoms with Crippen molar-refractivity contribution in [1.29, 1.82) is 0 Å². The summed E-state index contributed by atoms with van der Waals surface area (Å²) in [6.07, 6.45) is 0.0667. The first-order chi connectivity index (χ1) is 13.0. The number of carbonyl (C=O) groups is 2. The molecule has 0 aliphatic carbocycles. The van der Waals surface area contributed by atoms with Crippen LogP contribution in [0, 0.1) is 5.82 Å². The Labute approximate surface area is 165 Å². The molecule has 1 fully saturated rings. The average Bonchev–Trinajstić information content (AvgIpc) is 2.65. The van der Waals surface area contributed by atoms with Crippen molar-refractivity contribution in [2.24, 2.45) is 4.99 Å². The van der Waals surface area contributed by atoms with Crippen molar-refractivity contribution in [1.82, 2.24) is 4.90 Å². The Balaban J connectivity index is 1.81. The van der Waals surface area contributed by atoms with E-state index in [1.807, 2.05) is 6.92 Å². The Morgan fingerprint density at radius 2 is 2.00 bits per heavy atom. The summed E-state index contributed by atoms with van der Waals surface area (Å²) in [5.41, 5.74) is 1.00. The van der Waals surface area contributed by atoms with Crippen LogP contribution in [0.25, 0.3) is 0 Å². The van der Waals surface area contributed by atoms with Crippen LogP contribution in [0.1, 0.15) is 13.3 Å². The molecule has 0 spiro atoms. The number of thioether (sulfide) groups is 1. The minimum absolute atomic E-state index is 0.0667. The van der Waals surface area contributed by atoms with E-state index in [0.717, 1.165) is 0 Å². The molecule has 8 heteroatoms. The van der Waals surface area contributed by atoms with Crippen molar-refractivity contribution in [3.63, 3.8) is 0 Å². The van der Waals surface area contributed by atoms with Gasteiger partial charge in [-0.25, -0.2) is 9.38 Å². The quantitative estimate of drug-likeness (QED) is 0.816. The maximum atomic E-state index is 13.1. The molecule has 0 aromatic heterocycles.